The average Bonchev–Trinajstić information content (AvgIpc) is 1.58. The monoisotopic (exact) mass is 1730 g/mol. The molecule has 0 amide bonds. The van der Waals surface area contributed by atoms with Crippen LogP contribution < -0.4 is 0 Å². The molecule has 0 aliphatic heterocycles. The average molecular weight is 1730 g/mol. The van der Waals surface area contributed by atoms with Crippen molar-refractivity contribution in [3.63, 3.8) is 0 Å². The molecule has 0 fully saturated rings. The fraction of sp³-hybridized carbons (Fsp3) is 0.127. The predicted octanol–water partition coefficient (Wildman–Crippen LogP) is 33.6. The first kappa shape index (κ1) is 82.5. The van der Waals surface area contributed by atoms with Gasteiger partial charge in [-0.05, 0) is 295 Å². The van der Waals surface area contributed by atoms with E-state index in [2.05, 4.69) is 523 Å². The number of fused-ring (bicyclic) bond motifs is 14. The summed E-state index contributed by atoms with van der Waals surface area (Å²) < 4.78 is 14.2. The summed E-state index contributed by atoms with van der Waals surface area (Å²) in [4.78, 5) is 10.7. The van der Waals surface area contributed by atoms with E-state index in [-0.39, 0.29) is 21.7 Å². The van der Waals surface area contributed by atoms with Gasteiger partial charge in [0.1, 0.15) is 11.6 Å². The molecule has 24 rings (SSSR count). The highest BCUT2D eigenvalue weighted by Gasteiger charge is 2.27. The van der Waals surface area contributed by atoms with Crippen molar-refractivity contribution in [2.45, 2.75) is 105 Å². The zero-order chi connectivity index (χ0) is 91.2. The Morgan fingerprint density at radius 2 is 0.351 bits per heavy atom. The largest absolute Gasteiger partial charge is 0.309 e. The van der Waals surface area contributed by atoms with Crippen LogP contribution in [0.2, 0.25) is 0 Å². The summed E-state index contributed by atoms with van der Waals surface area (Å²) in [6, 6.07) is 151. The van der Waals surface area contributed by atoms with Gasteiger partial charge in [0.2, 0.25) is 0 Å². The Morgan fingerprint density at radius 3 is 0.597 bits per heavy atom. The first-order valence-electron chi connectivity index (χ1n) is 46.9. The molecule has 0 saturated heterocycles. The maximum Gasteiger partial charge on any atom is 0.145 e. The number of rotatable bonds is 12. The Morgan fingerprint density at radius 1 is 0.149 bits per heavy atom. The number of benzene rings is 18. The molecule has 0 aliphatic rings. The molecule has 8 nitrogen and oxygen atoms in total. The van der Waals surface area contributed by atoms with E-state index in [1.165, 1.54) is 109 Å². The van der Waals surface area contributed by atoms with Crippen molar-refractivity contribution in [2.24, 2.45) is 0 Å². The van der Waals surface area contributed by atoms with Gasteiger partial charge in [0.25, 0.3) is 0 Å². The van der Waals surface area contributed by atoms with Crippen LogP contribution in [0.1, 0.15) is 105 Å². The molecule has 0 aliphatic carbocycles. The fourth-order valence-corrected chi connectivity index (χ4v) is 20.4. The second-order valence-electron chi connectivity index (χ2n) is 40.3. The molecular weight excluding hydrogens is 1630 g/mol. The molecule has 0 spiro atoms. The van der Waals surface area contributed by atoms with E-state index in [9.17, 15) is 0 Å². The lowest BCUT2D eigenvalue weighted by molar-refractivity contribution is 0.590. The van der Waals surface area contributed by atoms with Gasteiger partial charge in [-0.25, -0.2) is 9.97 Å². The van der Waals surface area contributed by atoms with Crippen LogP contribution in [0.25, 0.3) is 211 Å². The van der Waals surface area contributed by atoms with E-state index in [4.69, 9.17) is 9.97 Å². The van der Waals surface area contributed by atoms with Crippen molar-refractivity contribution < 1.29 is 0 Å². The van der Waals surface area contributed by atoms with Crippen molar-refractivity contribution in [3.05, 3.63) is 435 Å². The minimum atomic E-state index is 0.0339. The molecular formula is C126H104N8. The lowest BCUT2D eigenvalue weighted by Gasteiger charge is -2.19. The zero-order valence-corrected chi connectivity index (χ0v) is 77.8. The molecule has 0 saturated carbocycles. The second kappa shape index (κ2) is 32.0. The van der Waals surface area contributed by atoms with Gasteiger partial charge >= 0.3 is 0 Å². The molecule has 18 aromatic carbocycles. The molecule has 0 unspecified atom stereocenters. The number of hydrogen-bond donors (Lipinski definition) is 0. The van der Waals surface area contributed by atoms with Gasteiger partial charge in [0.15, 0.2) is 0 Å². The molecule has 0 N–H and O–H groups in total. The Labute approximate surface area is 782 Å². The predicted molar refractivity (Wildman–Crippen MR) is 567 cm³/mol. The van der Waals surface area contributed by atoms with E-state index < -0.39 is 0 Å². The van der Waals surface area contributed by atoms with Gasteiger partial charge in [0.05, 0.1) is 66.2 Å². The maximum atomic E-state index is 5.38. The number of nitrogens with zero attached hydrogens (tertiary/aromatic N) is 8. The molecule has 134 heavy (non-hydrogen) atoms. The van der Waals surface area contributed by atoms with E-state index >= 15 is 0 Å². The smallest absolute Gasteiger partial charge is 0.145 e. The summed E-state index contributed by atoms with van der Waals surface area (Å²) in [5, 5.41) is 10.2. The molecule has 0 atom stereocenters. The lowest BCUT2D eigenvalue weighted by Crippen LogP contribution is -2.10. The van der Waals surface area contributed by atoms with Crippen LogP contribution in [-0.2, 0) is 21.7 Å². The van der Waals surface area contributed by atoms with Crippen LogP contribution >= 0.6 is 0 Å². The van der Waals surface area contributed by atoms with Crippen LogP contribution in [0, 0.1) is 0 Å². The van der Waals surface area contributed by atoms with Crippen LogP contribution in [0.4, 0.5) is 0 Å². The van der Waals surface area contributed by atoms with E-state index in [1.54, 1.807) is 0 Å². The van der Waals surface area contributed by atoms with Gasteiger partial charge < -0.3 is 18.3 Å². The van der Waals surface area contributed by atoms with Crippen molar-refractivity contribution in [1.29, 1.82) is 0 Å². The van der Waals surface area contributed by atoms with E-state index in [1.807, 2.05) is 0 Å². The number of aromatic nitrogens is 8. The van der Waals surface area contributed by atoms with Gasteiger partial charge in [0, 0.05) is 88.3 Å². The third-order valence-electron chi connectivity index (χ3n) is 27.5. The quantitative estimate of drug-likeness (QED) is 0.122. The summed E-state index contributed by atoms with van der Waals surface area (Å²) in [5.74, 6) is 1.81. The Kier molecular flexibility index (Phi) is 19.7. The molecule has 8 heteroatoms. The standard InChI is InChI=1S/C71H68N4.C55H36N4/c1-68(2,3)50-26-34-62-57(41-50)58-42-51(69(4,5)6)27-35-63(58)73(62)55-30-22-45(23-31-55)47-38-48(40-49(39-47)67-72-61-20-16-17-21-66(61)75(67)54-18-14-13-15-19-54)46-24-32-56(33-25-46)74-64-36-28-52(70(7,8)9)43-59(64)60-44-53(71(10,11)12)29-37-65(60)74;1-2-14-42(15-3-1)59-54-25-13-8-20-49(54)56-55(59)41-35-39(37-26-30-43(31-27-37)57-50-21-9-4-16-45(50)46-17-5-10-22-51(46)57)34-40(36-41)38-28-32-44(33-29-38)58-52-23-11-6-18-47(52)48-19-7-12-24-53(48)58/h13-44H,1-12H3;1-36H. The van der Waals surface area contributed by atoms with E-state index in [0.717, 1.165) is 123 Å². The minimum absolute atomic E-state index is 0.0339. The molecule has 0 bridgehead atoms. The first-order chi connectivity index (χ1) is 64.9. The SMILES string of the molecule is CC(C)(C)c1ccc2c(c1)c1cc(C(C)(C)C)ccc1n2-c1ccc(-c2cc(-c3ccc(-n4c5ccc(C(C)(C)C)cc5c5cc(C(C)(C)C)ccc54)cc3)cc(-c3nc4ccccc4n3-c3ccccc3)c2)cc1.c1ccc(-n2c(-c3cc(-c4ccc(-n5c6ccccc6c6ccccc65)cc4)cc(-c4ccc(-n5c6ccccc6c6ccccc65)cc4)c3)nc3ccccc32)cc1. The normalized spacial score (nSPS) is 12.3. The van der Waals surface area contributed by atoms with Crippen molar-refractivity contribution in [3.8, 4) is 101 Å². The maximum absolute atomic E-state index is 5.38. The highest BCUT2D eigenvalue weighted by atomic mass is 15.1. The van der Waals surface area contributed by atoms with E-state index in [0.29, 0.717) is 0 Å². The van der Waals surface area contributed by atoms with Crippen molar-refractivity contribution in [1.82, 2.24) is 37.4 Å². The molecule has 6 aromatic heterocycles. The summed E-state index contributed by atoms with van der Waals surface area (Å²) in [5.41, 5.74) is 37.1. The fourth-order valence-electron chi connectivity index (χ4n) is 20.4. The summed E-state index contributed by atoms with van der Waals surface area (Å²) in [6.45, 7) is 27.6. The van der Waals surface area contributed by atoms with Crippen molar-refractivity contribution in [2.75, 3.05) is 0 Å². The number of para-hydroxylation sites is 10. The number of hydrogen-bond acceptors (Lipinski definition) is 2. The molecule has 0 radical (unpaired) electrons. The van der Waals surface area contributed by atoms with Crippen LogP contribution in [0.15, 0.2) is 413 Å². The lowest BCUT2D eigenvalue weighted by atomic mass is 9.85. The van der Waals surface area contributed by atoms with Crippen LogP contribution in [0.3, 0.4) is 0 Å². The summed E-state index contributed by atoms with van der Waals surface area (Å²) >= 11 is 0. The third-order valence-corrected chi connectivity index (χ3v) is 27.5. The Balaban J connectivity index is 0.000000155. The summed E-state index contributed by atoms with van der Waals surface area (Å²) in [7, 11) is 0. The first-order valence-corrected chi connectivity index (χ1v) is 46.9. The highest BCUT2D eigenvalue weighted by molar-refractivity contribution is 6.13. The molecule has 6 heterocycles. The van der Waals surface area contributed by atoms with Gasteiger partial charge in [-0.15, -0.1) is 0 Å². The topological polar surface area (TPSA) is 55.4 Å². The van der Waals surface area contributed by atoms with Gasteiger partial charge in [-0.2, -0.15) is 0 Å². The summed E-state index contributed by atoms with van der Waals surface area (Å²) in [6.07, 6.45) is 0. The molecule has 24 aromatic rings. The van der Waals surface area contributed by atoms with Gasteiger partial charge in [-0.3, -0.25) is 9.13 Å². The highest BCUT2D eigenvalue weighted by Crippen LogP contribution is 2.46. The Bertz CT molecular complexity index is 8080. The second-order valence-corrected chi connectivity index (χ2v) is 40.3. The number of imidazole rings is 2. The minimum Gasteiger partial charge on any atom is -0.309 e. The zero-order valence-electron chi connectivity index (χ0n) is 77.8. The third kappa shape index (κ3) is 14.5. The van der Waals surface area contributed by atoms with Gasteiger partial charge in [-0.1, -0.05) is 289 Å². The molecule has 648 valence electrons. The van der Waals surface area contributed by atoms with Crippen LogP contribution in [0.5, 0.6) is 0 Å². The van der Waals surface area contributed by atoms with Crippen LogP contribution in [-0.4, -0.2) is 37.4 Å². The van der Waals surface area contributed by atoms with Crippen molar-refractivity contribution >= 4 is 109 Å². The Hall–Kier alpha value is -15.9.